The Balaban J connectivity index is 1.49. The summed E-state index contributed by atoms with van der Waals surface area (Å²) < 4.78 is 5.35. The third-order valence-corrected chi connectivity index (χ3v) is 6.87. The zero-order valence-corrected chi connectivity index (χ0v) is 18.8. The summed E-state index contributed by atoms with van der Waals surface area (Å²) in [5.41, 5.74) is 2.93. The van der Waals surface area contributed by atoms with E-state index < -0.39 is 17.7 Å². The van der Waals surface area contributed by atoms with Gasteiger partial charge in [-0.25, -0.2) is 0 Å². The van der Waals surface area contributed by atoms with E-state index in [2.05, 4.69) is 4.98 Å². The van der Waals surface area contributed by atoms with E-state index in [9.17, 15) is 14.7 Å². The molecular formula is C26H22N2O4S. The first kappa shape index (κ1) is 21.0. The van der Waals surface area contributed by atoms with E-state index >= 15 is 0 Å². The molecule has 33 heavy (non-hydrogen) atoms. The van der Waals surface area contributed by atoms with Gasteiger partial charge in [0, 0.05) is 23.6 Å². The van der Waals surface area contributed by atoms with E-state index in [0.717, 1.165) is 27.8 Å². The quantitative estimate of drug-likeness (QED) is 0.379. The number of nitrogens with zero attached hydrogens (tertiary/aromatic N) is 1. The molecule has 0 fully saturated rings. The smallest absolute Gasteiger partial charge is 0.290 e. The van der Waals surface area contributed by atoms with Crippen LogP contribution in [0.1, 0.15) is 26.8 Å². The van der Waals surface area contributed by atoms with Crippen LogP contribution < -0.4 is 4.74 Å². The third kappa shape index (κ3) is 3.70. The molecule has 2 N–H and O–H groups in total. The number of carbonyl (C=O) groups excluding carboxylic acids is 2. The largest absolute Gasteiger partial charge is 0.503 e. The number of hydrogen-bond acceptors (Lipinski definition) is 5. The van der Waals surface area contributed by atoms with Gasteiger partial charge in [0.05, 0.1) is 23.6 Å². The minimum Gasteiger partial charge on any atom is -0.503 e. The Bertz CT molecular complexity index is 1360. The molecule has 4 aromatic rings. The molecule has 0 bridgehead atoms. The lowest BCUT2D eigenvalue weighted by Gasteiger charge is -2.26. The van der Waals surface area contributed by atoms with Gasteiger partial charge in [-0.2, -0.15) is 0 Å². The maximum atomic E-state index is 13.3. The number of aliphatic hydroxyl groups is 1. The van der Waals surface area contributed by atoms with Crippen molar-refractivity contribution in [3.8, 4) is 5.75 Å². The van der Waals surface area contributed by atoms with E-state index in [4.69, 9.17) is 4.74 Å². The van der Waals surface area contributed by atoms with Crippen LogP contribution in [0.25, 0.3) is 10.9 Å². The minimum atomic E-state index is -0.645. The van der Waals surface area contributed by atoms with E-state index in [1.165, 1.54) is 11.3 Å². The number of methoxy groups -OCH3 is 1. The van der Waals surface area contributed by atoms with E-state index in [0.29, 0.717) is 17.8 Å². The highest BCUT2D eigenvalue weighted by atomic mass is 32.1. The van der Waals surface area contributed by atoms with Crippen LogP contribution >= 0.6 is 11.3 Å². The molecule has 1 aliphatic heterocycles. The first-order valence-corrected chi connectivity index (χ1v) is 11.5. The van der Waals surface area contributed by atoms with Gasteiger partial charge in [-0.15, -0.1) is 11.3 Å². The number of Topliss-reactive ketones (excluding diaryl/α,β-unsaturated/α-hetero) is 1. The Labute approximate surface area is 194 Å². The normalized spacial score (nSPS) is 16.1. The number of H-pyrrole nitrogens is 1. The van der Waals surface area contributed by atoms with Gasteiger partial charge in [0.25, 0.3) is 5.91 Å². The molecule has 2 aromatic carbocycles. The second-order valence-electron chi connectivity index (χ2n) is 7.86. The van der Waals surface area contributed by atoms with Crippen molar-refractivity contribution in [2.24, 2.45) is 0 Å². The van der Waals surface area contributed by atoms with Crippen molar-refractivity contribution in [1.82, 2.24) is 9.88 Å². The van der Waals surface area contributed by atoms with Crippen LogP contribution in [-0.2, 0) is 11.2 Å². The van der Waals surface area contributed by atoms with Crippen LogP contribution in [0.3, 0.4) is 0 Å². The highest BCUT2D eigenvalue weighted by Crippen LogP contribution is 2.39. The summed E-state index contributed by atoms with van der Waals surface area (Å²) in [5, 5.41) is 13.6. The lowest BCUT2D eigenvalue weighted by Crippen LogP contribution is -2.33. The van der Waals surface area contributed by atoms with Crippen LogP contribution in [0.4, 0.5) is 0 Å². The van der Waals surface area contributed by atoms with Crippen molar-refractivity contribution in [2.75, 3.05) is 13.7 Å². The van der Waals surface area contributed by atoms with Crippen LogP contribution in [0.5, 0.6) is 5.75 Å². The van der Waals surface area contributed by atoms with Crippen molar-refractivity contribution in [3.63, 3.8) is 0 Å². The second-order valence-corrected chi connectivity index (χ2v) is 8.80. The number of thiophene rings is 1. The predicted octanol–water partition coefficient (Wildman–Crippen LogP) is 5.06. The molecule has 2 aromatic heterocycles. The molecule has 7 heteroatoms. The molecule has 166 valence electrons. The van der Waals surface area contributed by atoms with Crippen LogP contribution in [0, 0.1) is 0 Å². The maximum Gasteiger partial charge on any atom is 0.290 e. The molecule has 0 aliphatic carbocycles. The Kier molecular flexibility index (Phi) is 5.48. The standard InChI is InChI=1S/C26H22N2O4S/c1-32-18-9-10-20-19(14-18)17(15-27-20)11-12-28-23(16-6-3-2-4-7-16)22(25(30)26(28)31)24(29)21-8-5-13-33-21/h2-10,13-15,23,27,30H,11-12H2,1H3. The van der Waals surface area contributed by atoms with Gasteiger partial charge in [-0.05, 0) is 47.2 Å². The number of carbonyl (C=O) groups is 2. The molecule has 5 rings (SSSR count). The highest BCUT2D eigenvalue weighted by Gasteiger charge is 2.43. The topological polar surface area (TPSA) is 82.6 Å². The summed E-state index contributed by atoms with van der Waals surface area (Å²) >= 11 is 1.30. The molecule has 1 amide bonds. The number of amides is 1. The fraction of sp³-hybridized carbons (Fsp3) is 0.154. The third-order valence-electron chi connectivity index (χ3n) is 6.01. The lowest BCUT2D eigenvalue weighted by atomic mass is 9.95. The van der Waals surface area contributed by atoms with Crippen LogP contribution in [-0.4, -0.2) is 40.3 Å². The summed E-state index contributed by atoms with van der Waals surface area (Å²) in [6, 6.07) is 18.0. The van der Waals surface area contributed by atoms with Crippen molar-refractivity contribution in [1.29, 1.82) is 0 Å². The monoisotopic (exact) mass is 458 g/mol. The van der Waals surface area contributed by atoms with E-state index in [1.54, 1.807) is 24.1 Å². The van der Waals surface area contributed by atoms with Crippen molar-refractivity contribution in [2.45, 2.75) is 12.5 Å². The SMILES string of the molecule is COc1ccc2[nH]cc(CCN3C(=O)C(O)=C(C(=O)c4cccs4)C3c3ccccc3)c2c1. The lowest BCUT2D eigenvalue weighted by molar-refractivity contribution is -0.129. The minimum absolute atomic E-state index is 0.134. The number of aromatic nitrogens is 1. The number of hydrogen-bond donors (Lipinski definition) is 2. The van der Waals surface area contributed by atoms with Gasteiger partial charge in [-0.3, -0.25) is 9.59 Å². The number of ketones is 1. The number of fused-ring (bicyclic) bond motifs is 1. The first-order valence-electron chi connectivity index (χ1n) is 10.6. The summed E-state index contributed by atoms with van der Waals surface area (Å²) in [4.78, 5) is 31.7. The zero-order valence-electron chi connectivity index (χ0n) is 17.9. The van der Waals surface area contributed by atoms with Crippen LogP contribution in [0.15, 0.2) is 83.6 Å². The Morgan fingerprint density at radius 3 is 2.70 bits per heavy atom. The van der Waals surface area contributed by atoms with E-state index in [1.807, 2.05) is 60.1 Å². The van der Waals surface area contributed by atoms with E-state index in [-0.39, 0.29) is 11.4 Å². The Hall–Kier alpha value is -3.84. The summed E-state index contributed by atoms with van der Waals surface area (Å²) in [5.74, 6) is -0.557. The molecule has 0 radical (unpaired) electrons. The van der Waals surface area contributed by atoms with Gasteiger partial charge in [-0.1, -0.05) is 36.4 Å². The van der Waals surface area contributed by atoms with Gasteiger partial charge in [0.15, 0.2) is 5.76 Å². The Morgan fingerprint density at radius 2 is 1.97 bits per heavy atom. The van der Waals surface area contributed by atoms with Gasteiger partial charge < -0.3 is 19.7 Å². The van der Waals surface area contributed by atoms with Crippen molar-refractivity contribution >= 4 is 33.9 Å². The first-order chi connectivity index (χ1) is 16.1. The van der Waals surface area contributed by atoms with Gasteiger partial charge in [0.2, 0.25) is 5.78 Å². The molecular weight excluding hydrogens is 436 g/mol. The average Bonchev–Trinajstić information content (AvgIpc) is 3.57. The van der Waals surface area contributed by atoms with Crippen LogP contribution in [0.2, 0.25) is 0 Å². The second kappa shape index (κ2) is 8.60. The number of nitrogens with one attached hydrogen (secondary N) is 1. The molecule has 6 nitrogen and oxygen atoms in total. The fourth-order valence-electron chi connectivity index (χ4n) is 4.37. The predicted molar refractivity (Wildman–Crippen MR) is 128 cm³/mol. The molecule has 1 aliphatic rings. The number of ether oxygens (including phenoxy) is 1. The number of benzene rings is 2. The molecule has 3 heterocycles. The zero-order chi connectivity index (χ0) is 22.9. The Morgan fingerprint density at radius 1 is 1.15 bits per heavy atom. The maximum absolute atomic E-state index is 13.3. The summed E-state index contributed by atoms with van der Waals surface area (Å²) in [6.45, 7) is 0.341. The van der Waals surface area contributed by atoms with Gasteiger partial charge in [0.1, 0.15) is 5.75 Å². The number of rotatable bonds is 7. The summed E-state index contributed by atoms with van der Waals surface area (Å²) in [6.07, 6.45) is 2.48. The fourth-order valence-corrected chi connectivity index (χ4v) is 5.05. The van der Waals surface area contributed by atoms with Gasteiger partial charge >= 0.3 is 0 Å². The van der Waals surface area contributed by atoms with Crippen molar-refractivity contribution in [3.05, 3.63) is 99.6 Å². The summed E-state index contributed by atoms with van der Waals surface area (Å²) in [7, 11) is 1.63. The highest BCUT2D eigenvalue weighted by molar-refractivity contribution is 7.12. The number of aliphatic hydroxyl groups excluding tert-OH is 1. The van der Waals surface area contributed by atoms with Crippen molar-refractivity contribution < 1.29 is 19.4 Å². The number of aromatic amines is 1. The molecule has 0 saturated carbocycles. The molecule has 1 unspecified atom stereocenters. The molecule has 1 atom stereocenters. The average molecular weight is 459 g/mol. The molecule has 0 saturated heterocycles. The molecule has 0 spiro atoms.